The van der Waals surface area contributed by atoms with Crippen LogP contribution in [0.2, 0.25) is 5.02 Å². The Bertz CT molecular complexity index is 974. The molecule has 0 atom stereocenters. The fourth-order valence-corrected chi connectivity index (χ4v) is 2.88. The van der Waals surface area contributed by atoms with Gasteiger partial charge in [-0.05, 0) is 31.5 Å². The lowest BCUT2D eigenvalue weighted by Crippen LogP contribution is -2.19. The molecule has 4 nitrogen and oxygen atoms in total. The van der Waals surface area contributed by atoms with Crippen molar-refractivity contribution in [2.75, 3.05) is 6.61 Å². The number of benzene rings is 2. The van der Waals surface area contributed by atoms with E-state index in [1.54, 1.807) is 19.9 Å². The molecule has 0 saturated heterocycles. The predicted molar refractivity (Wildman–Crippen MR) is 93.6 cm³/mol. The van der Waals surface area contributed by atoms with Crippen LogP contribution in [0.1, 0.15) is 23.0 Å². The Kier molecular flexibility index (Phi) is 4.40. The summed E-state index contributed by atoms with van der Waals surface area (Å²) >= 11 is 6.35. The zero-order valence-electron chi connectivity index (χ0n) is 13.3. The summed E-state index contributed by atoms with van der Waals surface area (Å²) in [6, 6.07) is 12.8. The van der Waals surface area contributed by atoms with E-state index in [0.29, 0.717) is 10.6 Å². The van der Waals surface area contributed by atoms with Crippen molar-refractivity contribution in [2.45, 2.75) is 13.8 Å². The van der Waals surface area contributed by atoms with Crippen LogP contribution in [0.5, 0.6) is 0 Å². The van der Waals surface area contributed by atoms with E-state index in [1.165, 1.54) is 6.07 Å². The molecular formula is C19H15ClO4. The van der Waals surface area contributed by atoms with Crippen LogP contribution >= 0.6 is 11.6 Å². The van der Waals surface area contributed by atoms with Crippen molar-refractivity contribution in [3.8, 4) is 11.1 Å². The van der Waals surface area contributed by atoms with Crippen LogP contribution in [0.3, 0.4) is 0 Å². The second-order valence-electron chi connectivity index (χ2n) is 5.28. The molecule has 0 aliphatic rings. The molecule has 0 unspecified atom stereocenters. The lowest BCUT2D eigenvalue weighted by molar-refractivity contribution is 0.0521. The van der Waals surface area contributed by atoms with Crippen LogP contribution in [0, 0.1) is 6.92 Å². The van der Waals surface area contributed by atoms with Crippen molar-refractivity contribution >= 4 is 28.5 Å². The van der Waals surface area contributed by atoms with Crippen LogP contribution in [0.15, 0.2) is 51.7 Å². The minimum Gasteiger partial charge on any atom is -0.462 e. The van der Waals surface area contributed by atoms with Gasteiger partial charge in [0.25, 0.3) is 0 Å². The molecule has 0 aliphatic heterocycles. The Morgan fingerprint density at radius 3 is 2.58 bits per heavy atom. The number of rotatable bonds is 3. The highest BCUT2D eigenvalue weighted by Gasteiger charge is 2.20. The normalized spacial score (nSPS) is 10.8. The van der Waals surface area contributed by atoms with E-state index >= 15 is 0 Å². The van der Waals surface area contributed by atoms with Crippen LogP contribution < -0.4 is 5.43 Å². The van der Waals surface area contributed by atoms with Crippen molar-refractivity contribution in [3.63, 3.8) is 0 Å². The first-order valence-electron chi connectivity index (χ1n) is 7.52. The molecule has 0 spiro atoms. The lowest BCUT2D eigenvalue weighted by atomic mass is 10.0. The first-order chi connectivity index (χ1) is 11.5. The number of halogens is 1. The summed E-state index contributed by atoms with van der Waals surface area (Å²) in [5.41, 5.74) is 1.53. The number of hydrogen-bond acceptors (Lipinski definition) is 4. The van der Waals surface area contributed by atoms with Gasteiger partial charge >= 0.3 is 5.97 Å². The SMILES string of the molecule is CCOC(=O)c1c(C)oc2cc(-c3ccccc3)c(Cl)cc2c1=O. The van der Waals surface area contributed by atoms with Crippen molar-refractivity contribution in [1.29, 1.82) is 0 Å². The molecular weight excluding hydrogens is 328 g/mol. The first kappa shape index (κ1) is 16.3. The van der Waals surface area contributed by atoms with E-state index < -0.39 is 11.4 Å². The van der Waals surface area contributed by atoms with E-state index in [2.05, 4.69) is 0 Å². The summed E-state index contributed by atoms with van der Waals surface area (Å²) in [6.45, 7) is 3.44. The van der Waals surface area contributed by atoms with Gasteiger partial charge in [0, 0.05) is 10.6 Å². The molecule has 24 heavy (non-hydrogen) atoms. The van der Waals surface area contributed by atoms with Crippen LogP contribution in [0.25, 0.3) is 22.1 Å². The molecule has 1 aromatic heterocycles. The number of fused-ring (bicyclic) bond motifs is 1. The van der Waals surface area contributed by atoms with Gasteiger partial charge in [-0.3, -0.25) is 4.79 Å². The minimum absolute atomic E-state index is 0.0899. The third-order valence-corrected chi connectivity index (χ3v) is 4.03. The second-order valence-corrected chi connectivity index (χ2v) is 5.68. The van der Waals surface area contributed by atoms with Gasteiger partial charge in [-0.1, -0.05) is 41.9 Å². The fraction of sp³-hybridized carbons (Fsp3) is 0.158. The summed E-state index contributed by atoms with van der Waals surface area (Å²) in [6.07, 6.45) is 0. The zero-order chi connectivity index (χ0) is 17.3. The lowest BCUT2D eigenvalue weighted by Gasteiger charge is -2.09. The molecule has 0 N–H and O–H groups in total. The van der Waals surface area contributed by atoms with E-state index in [-0.39, 0.29) is 23.3 Å². The number of aryl methyl sites for hydroxylation is 1. The summed E-state index contributed by atoms with van der Waals surface area (Å²) < 4.78 is 10.6. The van der Waals surface area contributed by atoms with E-state index in [9.17, 15) is 9.59 Å². The molecule has 0 aliphatic carbocycles. The Balaban J connectivity index is 2.25. The standard InChI is InChI=1S/C19H15ClO4/c1-3-23-19(22)17-11(2)24-16-10-13(12-7-5-4-6-8-12)15(20)9-14(16)18(17)21/h4-10H,3H2,1-2H3. The maximum atomic E-state index is 12.6. The molecule has 1 heterocycles. The zero-order valence-corrected chi connectivity index (χ0v) is 14.0. The van der Waals surface area contributed by atoms with Gasteiger partial charge in [-0.15, -0.1) is 0 Å². The monoisotopic (exact) mass is 342 g/mol. The average molecular weight is 343 g/mol. The number of ether oxygens (including phenoxy) is 1. The maximum absolute atomic E-state index is 12.6. The highest BCUT2D eigenvalue weighted by Crippen LogP contribution is 2.31. The van der Waals surface area contributed by atoms with Gasteiger partial charge in [0.2, 0.25) is 5.43 Å². The molecule has 0 bridgehead atoms. The van der Waals surface area contributed by atoms with E-state index in [1.807, 2.05) is 30.3 Å². The molecule has 2 aromatic carbocycles. The molecule has 122 valence electrons. The largest absolute Gasteiger partial charge is 0.462 e. The van der Waals surface area contributed by atoms with Crippen molar-refractivity contribution < 1.29 is 13.9 Å². The van der Waals surface area contributed by atoms with Gasteiger partial charge in [0.15, 0.2) is 0 Å². The number of esters is 1. The Hall–Kier alpha value is -2.59. The second kappa shape index (κ2) is 6.49. The maximum Gasteiger partial charge on any atom is 0.345 e. The van der Waals surface area contributed by atoms with Gasteiger partial charge < -0.3 is 9.15 Å². The topological polar surface area (TPSA) is 56.5 Å². The van der Waals surface area contributed by atoms with Gasteiger partial charge in [0.1, 0.15) is 16.9 Å². The number of carbonyl (C=O) groups is 1. The molecule has 0 fully saturated rings. The minimum atomic E-state index is -0.686. The molecule has 3 rings (SSSR count). The summed E-state index contributed by atoms with van der Waals surface area (Å²) in [5.74, 6) is -0.457. The number of carbonyl (C=O) groups excluding carboxylic acids is 1. The molecule has 0 amide bonds. The van der Waals surface area contributed by atoms with E-state index in [4.69, 9.17) is 20.8 Å². The van der Waals surface area contributed by atoms with Crippen LogP contribution in [-0.2, 0) is 4.74 Å². The smallest absolute Gasteiger partial charge is 0.345 e. The molecule has 3 aromatic rings. The van der Waals surface area contributed by atoms with E-state index in [0.717, 1.165) is 11.1 Å². The van der Waals surface area contributed by atoms with Crippen LogP contribution in [0.4, 0.5) is 0 Å². The summed E-state index contributed by atoms with van der Waals surface area (Å²) in [5, 5.41) is 0.674. The van der Waals surface area contributed by atoms with Gasteiger partial charge in [0.05, 0.1) is 12.0 Å². The van der Waals surface area contributed by atoms with Crippen molar-refractivity contribution in [2.24, 2.45) is 0 Å². The van der Waals surface area contributed by atoms with Gasteiger partial charge in [-0.25, -0.2) is 4.79 Å². The quantitative estimate of drug-likeness (QED) is 0.653. The highest BCUT2D eigenvalue weighted by molar-refractivity contribution is 6.34. The third kappa shape index (κ3) is 2.81. The molecule has 0 saturated carbocycles. The Morgan fingerprint density at radius 2 is 1.92 bits per heavy atom. The summed E-state index contributed by atoms with van der Waals surface area (Å²) in [7, 11) is 0. The van der Waals surface area contributed by atoms with Crippen LogP contribution in [-0.4, -0.2) is 12.6 Å². The fourth-order valence-electron chi connectivity index (χ4n) is 2.60. The third-order valence-electron chi connectivity index (χ3n) is 3.72. The average Bonchev–Trinajstić information content (AvgIpc) is 2.56. The number of hydrogen-bond donors (Lipinski definition) is 0. The van der Waals surface area contributed by atoms with Gasteiger partial charge in [-0.2, -0.15) is 0 Å². The Labute approximate surface area is 143 Å². The van der Waals surface area contributed by atoms with Crippen molar-refractivity contribution in [1.82, 2.24) is 0 Å². The summed E-state index contributed by atoms with van der Waals surface area (Å²) in [4.78, 5) is 24.6. The molecule has 0 radical (unpaired) electrons. The van der Waals surface area contributed by atoms with Crippen molar-refractivity contribution in [3.05, 3.63) is 69.0 Å². The molecule has 5 heteroatoms. The Morgan fingerprint density at radius 1 is 1.21 bits per heavy atom. The first-order valence-corrected chi connectivity index (χ1v) is 7.90. The predicted octanol–water partition coefficient (Wildman–Crippen LogP) is 4.60. The highest BCUT2D eigenvalue weighted by atomic mass is 35.5.